The van der Waals surface area contributed by atoms with E-state index in [4.69, 9.17) is 21.9 Å². The third-order valence-electron chi connectivity index (χ3n) is 8.62. The predicted molar refractivity (Wildman–Crippen MR) is 157 cm³/mol. The zero-order valence-corrected chi connectivity index (χ0v) is 24.1. The van der Waals surface area contributed by atoms with Crippen molar-refractivity contribution in [2.75, 3.05) is 25.9 Å². The molecular weight excluding hydrogens is 560 g/mol. The van der Waals surface area contributed by atoms with Crippen LogP contribution in [-0.2, 0) is 15.1 Å². The Labute approximate surface area is 246 Å². The van der Waals surface area contributed by atoms with E-state index in [1.807, 2.05) is 7.05 Å². The van der Waals surface area contributed by atoms with Gasteiger partial charge in [0.25, 0.3) is 0 Å². The Morgan fingerprint density at radius 2 is 1.86 bits per heavy atom. The summed E-state index contributed by atoms with van der Waals surface area (Å²) in [4.78, 5) is 30.7. The van der Waals surface area contributed by atoms with E-state index in [1.165, 1.54) is 23.9 Å². The minimum atomic E-state index is -1.64. The lowest BCUT2D eigenvalue weighted by Crippen LogP contribution is -2.61. The summed E-state index contributed by atoms with van der Waals surface area (Å²) in [6.07, 6.45) is 1.88. The maximum atomic E-state index is 14.2. The fraction of sp³-hybridized carbons (Fsp3) is 0.355. The third-order valence-corrected chi connectivity index (χ3v) is 10.1. The number of anilines is 1. The molecule has 1 amide bonds. The second-order valence-corrected chi connectivity index (χ2v) is 12.6. The number of amides is 1. The molecule has 0 radical (unpaired) electrons. The number of halogens is 2. The molecule has 42 heavy (non-hydrogen) atoms. The summed E-state index contributed by atoms with van der Waals surface area (Å²) < 4.78 is 33.9. The monoisotopic (exact) mass is 593 g/mol. The van der Waals surface area contributed by atoms with Gasteiger partial charge in [-0.3, -0.25) is 9.59 Å². The van der Waals surface area contributed by atoms with E-state index in [0.29, 0.717) is 27.3 Å². The van der Waals surface area contributed by atoms with Gasteiger partial charge in [-0.25, -0.2) is 8.78 Å². The van der Waals surface area contributed by atoms with Gasteiger partial charge < -0.3 is 32.2 Å². The molecule has 5 unspecified atom stereocenters. The topological polar surface area (TPSA) is 137 Å². The van der Waals surface area contributed by atoms with Crippen LogP contribution in [0.4, 0.5) is 14.5 Å². The van der Waals surface area contributed by atoms with E-state index in [9.17, 15) is 18.4 Å². The molecule has 3 aromatic rings. The SMILES string of the molecule is Cc1cc(Oc2c(F)cccc2F)ccc1C1(N)C(=O)C(N)C2c3c1ccc(N)c3SC2C(=O)NC1CCCN(C)C1. The Kier molecular flexibility index (Phi) is 7.25. The highest BCUT2D eigenvalue weighted by Crippen LogP contribution is 2.56. The minimum Gasteiger partial charge on any atom is -0.451 e. The lowest BCUT2D eigenvalue weighted by atomic mass is 9.64. The second kappa shape index (κ2) is 10.6. The Balaban J connectivity index is 1.36. The Bertz CT molecular complexity index is 1580. The Morgan fingerprint density at radius 3 is 2.55 bits per heavy atom. The average molecular weight is 594 g/mol. The first-order valence-electron chi connectivity index (χ1n) is 13.9. The first-order chi connectivity index (χ1) is 20.0. The highest BCUT2D eigenvalue weighted by molar-refractivity contribution is 8.01. The van der Waals surface area contributed by atoms with Crippen molar-refractivity contribution >= 4 is 29.1 Å². The van der Waals surface area contributed by atoms with Gasteiger partial charge in [0.05, 0.1) is 11.3 Å². The van der Waals surface area contributed by atoms with Crippen molar-refractivity contribution in [3.63, 3.8) is 0 Å². The van der Waals surface area contributed by atoms with E-state index in [1.54, 1.807) is 31.2 Å². The summed E-state index contributed by atoms with van der Waals surface area (Å²) in [7, 11) is 2.03. The number of benzene rings is 3. The molecule has 2 aliphatic heterocycles. The number of nitrogens with two attached hydrogens (primary N) is 3. The molecule has 8 nitrogen and oxygen atoms in total. The van der Waals surface area contributed by atoms with E-state index in [0.717, 1.165) is 43.6 Å². The number of aryl methyl sites for hydroxylation is 1. The Morgan fingerprint density at radius 1 is 1.14 bits per heavy atom. The van der Waals surface area contributed by atoms with Crippen LogP contribution in [0.1, 0.15) is 41.0 Å². The third kappa shape index (κ3) is 4.55. The molecule has 0 spiro atoms. The maximum absolute atomic E-state index is 14.2. The van der Waals surface area contributed by atoms with Crippen LogP contribution < -0.4 is 27.3 Å². The maximum Gasteiger partial charge on any atom is 0.234 e. The van der Waals surface area contributed by atoms with Crippen LogP contribution in [0.25, 0.3) is 0 Å². The fourth-order valence-corrected chi connectivity index (χ4v) is 8.06. The van der Waals surface area contributed by atoms with Crippen LogP contribution >= 0.6 is 11.8 Å². The van der Waals surface area contributed by atoms with Gasteiger partial charge >= 0.3 is 0 Å². The summed E-state index contributed by atoms with van der Waals surface area (Å²) in [5.74, 6) is -3.21. The molecule has 7 N–H and O–H groups in total. The summed E-state index contributed by atoms with van der Waals surface area (Å²) in [6.45, 7) is 3.49. The van der Waals surface area contributed by atoms with Gasteiger partial charge in [0.15, 0.2) is 23.2 Å². The molecule has 1 aliphatic carbocycles. The molecule has 3 aliphatic rings. The molecule has 5 atom stereocenters. The zero-order chi connectivity index (χ0) is 29.9. The number of thioether (sulfide) groups is 1. The van der Waals surface area contributed by atoms with Gasteiger partial charge in [-0.15, -0.1) is 11.8 Å². The van der Waals surface area contributed by atoms with Crippen LogP contribution in [0.5, 0.6) is 11.5 Å². The van der Waals surface area contributed by atoms with E-state index >= 15 is 0 Å². The normalized spacial score (nSPS) is 27.0. The van der Waals surface area contributed by atoms with Crippen molar-refractivity contribution in [1.82, 2.24) is 10.2 Å². The predicted octanol–water partition coefficient (Wildman–Crippen LogP) is 3.53. The number of carbonyl (C=O) groups is 2. The number of carbonyl (C=O) groups excluding carboxylic acids is 2. The largest absolute Gasteiger partial charge is 0.451 e. The molecular formula is C31H33F2N5O3S. The van der Waals surface area contributed by atoms with Crippen molar-refractivity contribution in [1.29, 1.82) is 0 Å². The number of piperidine rings is 1. The number of likely N-dealkylation sites (N-methyl/N-ethyl adjacent to an activating group) is 1. The van der Waals surface area contributed by atoms with Gasteiger partial charge in [-0.1, -0.05) is 18.2 Å². The molecule has 11 heteroatoms. The smallest absolute Gasteiger partial charge is 0.234 e. The highest BCUT2D eigenvalue weighted by Gasteiger charge is 2.57. The number of hydrogen-bond donors (Lipinski definition) is 4. The summed E-state index contributed by atoms with van der Waals surface area (Å²) in [6, 6.07) is 10.6. The van der Waals surface area contributed by atoms with Crippen LogP contribution in [0.15, 0.2) is 53.4 Å². The molecule has 2 heterocycles. The quantitative estimate of drug-likeness (QED) is 0.330. The highest BCUT2D eigenvalue weighted by atomic mass is 32.2. The molecule has 1 saturated heterocycles. The standard InChI is InChI=1S/C31H33F2N5O3S/c1-15-13-17(41-26-20(32)6-3-7-21(26)33)8-9-18(15)31(36)19-10-11-22(34)27-23(19)24(25(35)29(31)39)28(42-27)30(40)37-16-5-4-12-38(2)14-16/h3,6-11,13,16,24-25,28H,4-5,12,14,34-36H2,1-2H3,(H,37,40). The minimum absolute atomic E-state index is 0.0164. The number of ether oxygens (including phenoxy) is 1. The number of Topliss-reactive ketones (excluding diaryl/α,β-unsaturated/α-hetero) is 1. The molecule has 0 aromatic heterocycles. The number of nitrogens with one attached hydrogen (secondary N) is 1. The van der Waals surface area contributed by atoms with Crippen molar-refractivity contribution in [3.8, 4) is 11.5 Å². The molecule has 0 saturated carbocycles. The molecule has 3 aromatic carbocycles. The summed E-state index contributed by atoms with van der Waals surface area (Å²) in [5, 5.41) is 2.54. The number of para-hydroxylation sites is 1. The van der Waals surface area contributed by atoms with E-state index < -0.39 is 45.9 Å². The fourth-order valence-electron chi connectivity index (χ4n) is 6.60. The van der Waals surface area contributed by atoms with Crippen LogP contribution in [0.3, 0.4) is 0 Å². The number of nitrogen functional groups attached to an aromatic ring is 1. The lowest BCUT2D eigenvalue weighted by molar-refractivity contribution is -0.126. The van der Waals surface area contributed by atoms with E-state index in [-0.39, 0.29) is 17.7 Å². The Hall–Kier alpha value is -3.51. The van der Waals surface area contributed by atoms with Crippen molar-refractivity contribution in [2.45, 2.75) is 53.5 Å². The molecule has 0 bridgehead atoms. The van der Waals surface area contributed by atoms with Gasteiger partial charge in [0.1, 0.15) is 11.3 Å². The van der Waals surface area contributed by atoms with Gasteiger partial charge in [-0.05, 0) is 85.9 Å². The average Bonchev–Trinajstić information content (AvgIpc) is 3.35. The number of nitrogens with zero attached hydrogens (tertiary/aromatic N) is 1. The van der Waals surface area contributed by atoms with Gasteiger partial charge in [0.2, 0.25) is 5.91 Å². The van der Waals surface area contributed by atoms with Crippen molar-refractivity contribution in [3.05, 3.63) is 82.4 Å². The van der Waals surface area contributed by atoms with Crippen LogP contribution in [0, 0.1) is 18.6 Å². The number of rotatable bonds is 5. The van der Waals surface area contributed by atoms with Crippen LogP contribution in [0.2, 0.25) is 0 Å². The molecule has 6 rings (SSSR count). The molecule has 1 fully saturated rings. The van der Waals surface area contributed by atoms with Crippen molar-refractivity contribution in [2.24, 2.45) is 11.5 Å². The first kappa shape index (κ1) is 28.6. The zero-order valence-electron chi connectivity index (χ0n) is 23.3. The molecule has 220 valence electrons. The summed E-state index contributed by atoms with van der Waals surface area (Å²) in [5.41, 5.74) is 21.2. The second-order valence-electron chi connectivity index (χ2n) is 11.4. The number of likely N-dealkylation sites (tertiary alicyclic amines) is 1. The van der Waals surface area contributed by atoms with E-state index in [2.05, 4.69) is 10.2 Å². The van der Waals surface area contributed by atoms with Crippen LogP contribution in [-0.4, -0.2) is 54.1 Å². The number of ketones is 1. The number of hydrogen-bond acceptors (Lipinski definition) is 8. The first-order valence-corrected chi connectivity index (χ1v) is 14.8. The van der Waals surface area contributed by atoms with Gasteiger partial charge in [-0.2, -0.15) is 0 Å². The summed E-state index contributed by atoms with van der Waals surface area (Å²) >= 11 is 1.33. The van der Waals surface area contributed by atoms with Crippen molar-refractivity contribution < 1.29 is 23.1 Å². The lowest BCUT2D eigenvalue weighted by Gasteiger charge is -2.42. The van der Waals surface area contributed by atoms with Gasteiger partial charge in [0, 0.05) is 29.1 Å².